The Balaban J connectivity index is 1.43. The summed E-state index contributed by atoms with van der Waals surface area (Å²) in [6.45, 7) is 7.11. The van der Waals surface area contributed by atoms with Crippen LogP contribution in [0.2, 0.25) is 6.32 Å². The average molecular weight is 284 g/mol. The van der Waals surface area contributed by atoms with Gasteiger partial charge in [0.05, 0.1) is 11.7 Å². The first-order chi connectivity index (χ1) is 10.00. The van der Waals surface area contributed by atoms with Crippen LogP contribution in [0, 0.1) is 17.3 Å². The van der Waals surface area contributed by atoms with Crippen molar-refractivity contribution in [1.82, 2.24) is 0 Å². The smallest absolute Gasteiger partial charge is 0.405 e. The van der Waals surface area contributed by atoms with Gasteiger partial charge in [0, 0.05) is 0 Å². The van der Waals surface area contributed by atoms with Gasteiger partial charge in [-0.1, -0.05) is 44.2 Å². The minimum Gasteiger partial charge on any atom is -0.405 e. The maximum Gasteiger partial charge on any atom is 0.457 e. The zero-order valence-electron chi connectivity index (χ0n) is 13.3. The van der Waals surface area contributed by atoms with Gasteiger partial charge in [-0.2, -0.15) is 0 Å². The van der Waals surface area contributed by atoms with Gasteiger partial charge in [-0.05, 0) is 55.3 Å². The van der Waals surface area contributed by atoms with E-state index in [1.807, 2.05) is 0 Å². The van der Waals surface area contributed by atoms with Crippen LogP contribution in [0.15, 0.2) is 30.3 Å². The molecule has 2 bridgehead atoms. The molecule has 3 saturated carbocycles. The van der Waals surface area contributed by atoms with E-state index in [1.165, 1.54) is 18.4 Å². The highest BCUT2D eigenvalue weighted by atomic mass is 16.7. The van der Waals surface area contributed by atoms with E-state index in [0.29, 0.717) is 17.4 Å². The van der Waals surface area contributed by atoms with Crippen LogP contribution >= 0.6 is 0 Å². The van der Waals surface area contributed by atoms with Crippen molar-refractivity contribution in [1.29, 1.82) is 0 Å². The molecule has 1 aromatic rings. The van der Waals surface area contributed by atoms with Crippen molar-refractivity contribution in [3.8, 4) is 0 Å². The molecule has 1 aromatic carbocycles. The van der Waals surface area contributed by atoms with Gasteiger partial charge < -0.3 is 9.31 Å². The predicted molar refractivity (Wildman–Crippen MR) is 85.1 cm³/mol. The Morgan fingerprint density at radius 3 is 2.62 bits per heavy atom. The van der Waals surface area contributed by atoms with Crippen molar-refractivity contribution in [2.24, 2.45) is 17.3 Å². The van der Waals surface area contributed by atoms with Crippen LogP contribution in [0.25, 0.3) is 0 Å². The van der Waals surface area contributed by atoms with Gasteiger partial charge >= 0.3 is 7.12 Å². The molecule has 112 valence electrons. The standard InChI is InChI=1S/C18H25BO2/c1-17(2)14-11-15(17)18(3)16(12-14)20-19(21-18)10-9-13-7-5-4-6-8-13/h4-8,14-16H,9-12H2,1-3H3/t14?,15?,16?,18-/m0/s1. The molecule has 3 aliphatic carbocycles. The molecule has 21 heavy (non-hydrogen) atoms. The van der Waals surface area contributed by atoms with Gasteiger partial charge in [-0.25, -0.2) is 0 Å². The second kappa shape index (κ2) is 4.60. The Labute approximate surface area is 128 Å². The molecule has 2 nitrogen and oxygen atoms in total. The largest absolute Gasteiger partial charge is 0.457 e. The third-order valence-corrected chi connectivity index (χ3v) is 6.51. The van der Waals surface area contributed by atoms with E-state index in [-0.39, 0.29) is 12.7 Å². The molecule has 1 heterocycles. The molecule has 4 atom stereocenters. The fraction of sp³-hybridized carbons (Fsp3) is 0.667. The third kappa shape index (κ3) is 2.01. The van der Waals surface area contributed by atoms with Crippen LogP contribution in [-0.4, -0.2) is 18.8 Å². The topological polar surface area (TPSA) is 18.5 Å². The summed E-state index contributed by atoms with van der Waals surface area (Å²) < 4.78 is 12.7. The van der Waals surface area contributed by atoms with Gasteiger partial charge in [-0.3, -0.25) is 0 Å². The number of hydrogen-bond donors (Lipinski definition) is 0. The summed E-state index contributed by atoms with van der Waals surface area (Å²) in [6, 6.07) is 10.6. The highest BCUT2D eigenvalue weighted by molar-refractivity contribution is 6.45. The highest BCUT2D eigenvalue weighted by Gasteiger charge is 2.67. The Bertz CT molecular complexity index is 529. The number of benzene rings is 1. The lowest BCUT2D eigenvalue weighted by Gasteiger charge is -2.64. The van der Waals surface area contributed by atoms with Crippen LogP contribution in [0.5, 0.6) is 0 Å². The normalized spacial score (nSPS) is 39.8. The summed E-state index contributed by atoms with van der Waals surface area (Å²) >= 11 is 0. The molecule has 0 N–H and O–H groups in total. The van der Waals surface area contributed by atoms with Crippen molar-refractivity contribution >= 4 is 7.12 Å². The summed E-state index contributed by atoms with van der Waals surface area (Å²) in [5, 5.41) is 0. The molecule has 3 heteroatoms. The number of rotatable bonds is 3. The maximum atomic E-state index is 6.44. The second-order valence-corrected chi connectivity index (χ2v) is 7.92. The number of hydrogen-bond acceptors (Lipinski definition) is 2. The molecule has 5 rings (SSSR count). The first-order valence-electron chi connectivity index (χ1n) is 8.37. The lowest BCUT2D eigenvalue weighted by Crippen LogP contribution is -2.65. The minimum atomic E-state index is -0.0559. The summed E-state index contributed by atoms with van der Waals surface area (Å²) in [7, 11) is -0.0182. The van der Waals surface area contributed by atoms with E-state index in [4.69, 9.17) is 9.31 Å². The van der Waals surface area contributed by atoms with Crippen LogP contribution in [0.1, 0.15) is 39.2 Å². The molecule has 0 amide bonds. The monoisotopic (exact) mass is 284 g/mol. The van der Waals surface area contributed by atoms with Gasteiger partial charge in [0.15, 0.2) is 0 Å². The molecule has 0 aromatic heterocycles. The van der Waals surface area contributed by atoms with E-state index < -0.39 is 0 Å². The molecule has 0 radical (unpaired) electrons. The van der Waals surface area contributed by atoms with Crippen LogP contribution in [0.3, 0.4) is 0 Å². The maximum absolute atomic E-state index is 6.44. The van der Waals surface area contributed by atoms with Gasteiger partial charge in [-0.15, -0.1) is 0 Å². The summed E-state index contributed by atoms with van der Waals surface area (Å²) in [4.78, 5) is 0. The van der Waals surface area contributed by atoms with E-state index in [2.05, 4.69) is 51.1 Å². The third-order valence-electron chi connectivity index (χ3n) is 6.51. The molecule has 4 fully saturated rings. The minimum absolute atomic E-state index is 0.0182. The molecule has 3 unspecified atom stereocenters. The molecular formula is C18H25BO2. The van der Waals surface area contributed by atoms with Crippen molar-refractivity contribution in [2.75, 3.05) is 0 Å². The van der Waals surface area contributed by atoms with Crippen molar-refractivity contribution in [2.45, 2.75) is 58.1 Å². The fourth-order valence-corrected chi connectivity index (χ4v) is 5.00. The first-order valence-corrected chi connectivity index (χ1v) is 8.37. The summed E-state index contributed by atoms with van der Waals surface area (Å²) in [5.74, 6) is 1.49. The van der Waals surface area contributed by atoms with Crippen molar-refractivity contribution < 1.29 is 9.31 Å². The quantitative estimate of drug-likeness (QED) is 0.782. The van der Waals surface area contributed by atoms with Crippen LogP contribution < -0.4 is 0 Å². The molecular weight excluding hydrogens is 259 g/mol. The van der Waals surface area contributed by atoms with E-state index >= 15 is 0 Å². The Kier molecular flexibility index (Phi) is 3.03. The lowest BCUT2D eigenvalue weighted by atomic mass is 9.43. The molecule has 0 spiro atoms. The summed E-state index contributed by atoms with van der Waals surface area (Å²) in [6.07, 6.45) is 4.83. The summed E-state index contributed by atoms with van der Waals surface area (Å²) in [5.41, 5.74) is 1.75. The van der Waals surface area contributed by atoms with E-state index in [9.17, 15) is 0 Å². The molecule has 4 aliphatic rings. The van der Waals surface area contributed by atoms with Gasteiger partial charge in [0.2, 0.25) is 0 Å². The van der Waals surface area contributed by atoms with E-state index in [1.54, 1.807) is 0 Å². The molecule has 1 saturated heterocycles. The second-order valence-electron chi connectivity index (χ2n) is 7.92. The Morgan fingerprint density at radius 2 is 1.90 bits per heavy atom. The van der Waals surface area contributed by atoms with Crippen molar-refractivity contribution in [3.05, 3.63) is 35.9 Å². The fourth-order valence-electron chi connectivity index (χ4n) is 5.00. The predicted octanol–water partition coefficient (Wildman–Crippen LogP) is 3.96. The zero-order chi connectivity index (χ0) is 14.7. The average Bonchev–Trinajstić information content (AvgIpc) is 2.82. The van der Waals surface area contributed by atoms with Crippen molar-refractivity contribution in [3.63, 3.8) is 0 Å². The zero-order valence-corrected chi connectivity index (χ0v) is 13.3. The van der Waals surface area contributed by atoms with Gasteiger partial charge in [0.1, 0.15) is 0 Å². The number of aryl methyl sites for hydroxylation is 1. The van der Waals surface area contributed by atoms with E-state index in [0.717, 1.165) is 18.7 Å². The Hall–Kier alpha value is -0.795. The van der Waals surface area contributed by atoms with Crippen LogP contribution in [0.4, 0.5) is 0 Å². The highest BCUT2D eigenvalue weighted by Crippen LogP contribution is 2.65. The SMILES string of the molecule is CC1(C)C2CC3OB(CCc4ccccc4)O[C@@]3(C)C1C2. The Morgan fingerprint density at radius 1 is 1.14 bits per heavy atom. The lowest BCUT2D eigenvalue weighted by molar-refractivity contribution is -0.199. The van der Waals surface area contributed by atoms with Crippen LogP contribution in [-0.2, 0) is 15.7 Å². The first kappa shape index (κ1) is 13.8. The molecule has 1 aliphatic heterocycles. The van der Waals surface area contributed by atoms with Gasteiger partial charge in [0.25, 0.3) is 0 Å².